The van der Waals surface area contributed by atoms with Gasteiger partial charge in [-0.15, -0.1) is 5.10 Å². The largest absolute Gasteiger partial charge is 0.493 e. The molecular formula is C28H27F3N5O2S. The monoisotopic (exact) mass is 554 g/mol. The van der Waals surface area contributed by atoms with E-state index in [1.165, 1.54) is 23.9 Å². The maximum absolute atomic E-state index is 14.1. The molecule has 0 saturated heterocycles. The van der Waals surface area contributed by atoms with Gasteiger partial charge in [0.15, 0.2) is 0 Å². The summed E-state index contributed by atoms with van der Waals surface area (Å²) in [4.78, 5) is 8.10. The van der Waals surface area contributed by atoms with Gasteiger partial charge in [-0.25, -0.2) is 9.67 Å². The lowest BCUT2D eigenvalue weighted by molar-refractivity contribution is -0.136. The average Bonchev–Trinajstić information content (AvgIpc) is 3.44. The third kappa shape index (κ3) is 4.53. The van der Waals surface area contributed by atoms with Crippen LogP contribution in [0.15, 0.2) is 45.5 Å². The number of hydrogen-bond donors (Lipinski definition) is 2. The standard InChI is InChI=1S/C28H27F3N5O2S/c1-4-18-14-36(15-21-22(38-18)8-9-25(37)32-21)13-17-6-5-7-23-19(17)10-11-39(23)24-12-20(28(29,30)31)27-26(16(24)2)33-34-35(27)3/h6-12,18,39H,4,13-15H2,1-3H3,(H,32,37)/t18-/m1/s1. The van der Waals surface area contributed by atoms with E-state index in [0.29, 0.717) is 41.5 Å². The van der Waals surface area contributed by atoms with E-state index < -0.39 is 22.6 Å². The van der Waals surface area contributed by atoms with Gasteiger partial charge in [0.25, 0.3) is 0 Å². The van der Waals surface area contributed by atoms with Gasteiger partial charge in [-0.3, -0.25) is 4.90 Å². The first-order valence-electron chi connectivity index (χ1n) is 12.6. The molecule has 4 heterocycles. The van der Waals surface area contributed by atoms with Crippen LogP contribution >= 0.6 is 10.9 Å². The zero-order valence-electron chi connectivity index (χ0n) is 21.6. The number of aromatic nitrogens is 4. The van der Waals surface area contributed by atoms with Gasteiger partial charge in [0, 0.05) is 42.5 Å². The van der Waals surface area contributed by atoms with E-state index in [2.05, 4.69) is 33.2 Å². The van der Waals surface area contributed by atoms with Crippen molar-refractivity contribution in [3.05, 3.63) is 69.8 Å². The van der Waals surface area contributed by atoms with Crippen molar-refractivity contribution in [2.45, 2.75) is 55.4 Å². The van der Waals surface area contributed by atoms with Crippen molar-refractivity contribution in [3.63, 3.8) is 0 Å². The van der Waals surface area contributed by atoms with Crippen molar-refractivity contribution in [1.82, 2.24) is 24.9 Å². The van der Waals surface area contributed by atoms with Crippen LogP contribution in [-0.4, -0.2) is 42.6 Å². The number of aromatic hydroxyl groups is 1. The Morgan fingerprint density at radius 1 is 1.23 bits per heavy atom. The predicted molar refractivity (Wildman–Crippen MR) is 143 cm³/mol. The highest BCUT2D eigenvalue weighted by molar-refractivity contribution is 8.20. The SMILES string of the molecule is CC[C@@H]1CN(Cc2c[c]cc3c2C=C[SH]3c2cc(C(F)(F)F)c3c(nnn3C)c2C)Cc2nc(O)ccc2O1. The van der Waals surface area contributed by atoms with Gasteiger partial charge < -0.3 is 9.84 Å². The van der Waals surface area contributed by atoms with Crippen LogP contribution in [0.25, 0.3) is 17.1 Å². The molecule has 4 aromatic rings. The summed E-state index contributed by atoms with van der Waals surface area (Å²) < 4.78 is 49.6. The van der Waals surface area contributed by atoms with Gasteiger partial charge in [0.05, 0.1) is 5.56 Å². The van der Waals surface area contributed by atoms with Crippen LogP contribution in [0.1, 0.15) is 41.3 Å². The molecule has 39 heavy (non-hydrogen) atoms. The number of nitrogens with zero attached hydrogens (tertiary/aromatic N) is 5. The van der Waals surface area contributed by atoms with Gasteiger partial charge in [-0.1, -0.05) is 12.1 Å². The van der Waals surface area contributed by atoms with Crippen molar-refractivity contribution in [1.29, 1.82) is 0 Å². The number of fused-ring (bicyclic) bond motifs is 3. The van der Waals surface area contributed by atoms with E-state index in [-0.39, 0.29) is 23.0 Å². The van der Waals surface area contributed by atoms with E-state index in [1.807, 2.05) is 30.5 Å². The minimum absolute atomic E-state index is 0.00347. The number of ether oxygens (including phenoxy) is 1. The zero-order valence-corrected chi connectivity index (χ0v) is 22.5. The molecule has 0 saturated carbocycles. The summed E-state index contributed by atoms with van der Waals surface area (Å²) in [5.41, 5.74) is 2.97. The molecule has 0 aliphatic carbocycles. The van der Waals surface area contributed by atoms with Gasteiger partial charge in [0.2, 0.25) is 5.88 Å². The number of benzene rings is 2. The Morgan fingerprint density at radius 3 is 2.82 bits per heavy atom. The summed E-state index contributed by atoms with van der Waals surface area (Å²) in [5.74, 6) is 0.620. The lowest BCUT2D eigenvalue weighted by Gasteiger charge is -2.25. The molecule has 0 bridgehead atoms. The van der Waals surface area contributed by atoms with Crippen LogP contribution in [0, 0.1) is 13.0 Å². The quantitative estimate of drug-likeness (QED) is 0.312. The summed E-state index contributed by atoms with van der Waals surface area (Å²) in [7, 11) is 0.295. The van der Waals surface area contributed by atoms with Crippen molar-refractivity contribution >= 4 is 28.0 Å². The van der Waals surface area contributed by atoms with Crippen LogP contribution < -0.4 is 4.74 Å². The smallest absolute Gasteiger partial charge is 0.418 e. The molecule has 1 unspecified atom stereocenters. The van der Waals surface area contributed by atoms with Crippen LogP contribution in [0.4, 0.5) is 13.2 Å². The summed E-state index contributed by atoms with van der Waals surface area (Å²) in [5, 5.41) is 19.9. The molecule has 1 N–H and O–H groups in total. The molecule has 2 aliphatic rings. The maximum atomic E-state index is 14.1. The van der Waals surface area contributed by atoms with Crippen molar-refractivity contribution < 1.29 is 23.0 Å². The topological polar surface area (TPSA) is 76.3 Å². The summed E-state index contributed by atoms with van der Waals surface area (Å²) in [6, 6.07) is 11.6. The first-order valence-corrected chi connectivity index (χ1v) is 14.0. The number of pyridine rings is 1. The predicted octanol–water partition coefficient (Wildman–Crippen LogP) is 5.77. The lowest BCUT2D eigenvalue weighted by atomic mass is 10.1. The molecular weight excluding hydrogens is 527 g/mol. The minimum atomic E-state index is -4.53. The van der Waals surface area contributed by atoms with Crippen molar-refractivity contribution in [3.8, 4) is 11.6 Å². The van der Waals surface area contributed by atoms with Crippen LogP contribution in [0.5, 0.6) is 11.6 Å². The Bertz CT molecular complexity index is 1620. The zero-order chi connectivity index (χ0) is 27.5. The Kier molecular flexibility index (Phi) is 6.30. The third-order valence-corrected chi connectivity index (χ3v) is 9.63. The highest BCUT2D eigenvalue weighted by Gasteiger charge is 2.37. The Morgan fingerprint density at radius 2 is 2.05 bits per heavy atom. The van der Waals surface area contributed by atoms with Gasteiger partial charge in [-0.2, -0.15) is 24.1 Å². The normalized spacial score (nSPS) is 20.1. The Hall–Kier alpha value is -3.57. The number of hydrogen-bond acceptors (Lipinski definition) is 6. The molecule has 6 rings (SSSR count). The maximum Gasteiger partial charge on any atom is 0.418 e. The number of rotatable bonds is 4. The molecule has 0 amide bonds. The Labute approximate surface area is 226 Å². The van der Waals surface area contributed by atoms with Gasteiger partial charge in [0.1, 0.15) is 28.6 Å². The number of halogens is 3. The van der Waals surface area contributed by atoms with E-state index >= 15 is 0 Å². The molecule has 0 fully saturated rings. The number of alkyl halides is 3. The molecule has 2 aromatic heterocycles. The molecule has 0 spiro atoms. The molecule has 11 heteroatoms. The average molecular weight is 555 g/mol. The summed E-state index contributed by atoms with van der Waals surface area (Å²) in [6.45, 7) is 5.64. The highest BCUT2D eigenvalue weighted by Crippen LogP contribution is 2.55. The molecule has 2 atom stereocenters. The second-order valence-electron chi connectivity index (χ2n) is 9.87. The first kappa shape index (κ1) is 25.7. The fourth-order valence-electron chi connectivity index (χ4n) is 5.37. The summed E-state index contributed by atoms with van der Waals surface area (Å²) in [6.07, 6.45) is -1.74. The Balaban J connectivity index is 1.37. The molecule has 1 radical (unpaired) electrons. The van der Waals surface area contributed by atoms with Gasteiger partial charge in [-0.05, 0) is 71.9 Å². The third-order valence-electron chi connectivity index (χ3n) is 7.31. The molecule has 2 aromatic carbocycles. The highest BCUT2D eigenvalue weighted by atomic mass is 32.2. The number of thiol groups is 1. The van der Waals surface area contributed by atoms with Crippen molar-refractivity contribution in [2.75, 3.05) is 6.54 Å². The first-order chi connectivity index (χ1) is 18.6. The molecule has 203 valence electrons. The van der Waals surface area contributed by atoms with Crippen LogP contribution in [0.2, 0.25) is 0 Å². The van der Waals surface area contributed by atoms with E-state index in [4.69, 9.17) is 4.74 Å². The fraction of sp³-hybridized carbons (Fsp3) is 0.321. The van der Waals surface area contributed by atoms with E-state index in [9.17, 15) is 18.3 Å². The van der Waals surface area contributed by atoms with E-state index in [0.717, 1.165) is 22.4 Å². The second kappa shape index (κ2) is 9.56. The molecule has 7 nitrogen and oxygen atoms in total. The van der Waals surface area contributed by atoms with Crippen LogP contribution in [-0.2, 0) is 26.3 Å². The van der Waals surface area contributed by atoms with Gasteiger partial charge >= 0.3 is 6.18 Å². The number of aryl methyl sites for hydroxylation is 2. The summed E-state index contributed by atoms with van der Waals surface area (Å²) >= 11 is 0. The molecule has 2 aliphatic heterocycles. The lowest BCUT2D eigenvalue weighted by Crippen LogP contribution is -2.32. The minimum Gasteiger partial charge on any atom is -0.493 e. The second-order valence-corrected chi connectivity index (χ2v) is 11.9. The fourth-order valence-corrected chi connectivity index (χ4v) is 7.67. The van der Waals surface area contributed by atoms with E-state index in [1.54, 1.807) is 6.07 Å². The van der Waals surface area contributed by atoms with Crippen LogP contribution in [0.3, 0.4) is 0 Å². The van der Waals surface area contributed by atoms with Crippen molar-refractivity contribution in [2.24, 2.45) is 7.05 Å².